The minimum absolute atomic E-state index is 0.0516. The van der Waals surface area contributed by atoms with Crippen molar-refractivity contribution in [2.75, 3.05) is 0 Å². The number of aryl methyl sites for hydroxylation is 1. The van der Waals surface area contributed by atoms with Crippen molar-refractivity contribution in [3.63, 3.8) is 0 Å². The third-order valence-corrected chi connectivity index (χ3v) is 2.75. The molecule has 0 fully saturated rings. The highest BCUT2D eigenvalue weighted by Crippen LogP contribution is 2.21. The van der Waals surface area contributed by atoms with Gasteiger partial charge in [-0.2, -0.15) is 0 Å². The number of allylic oxidation sites excluding steroid dienone is 2. The Bertz CT molecular complexity index is 321. The SMILES string of the molecule is C=CC(C)(C)/C=C\c1ncsc1C. The van der Waals surface area contributed by atoms with E-state index in [-0.39, 0.29) is 5.41 Å². The fourth-order valence-electron chi connectivity index (χ4n) is 0.836. The molecular weight excluding hydrogens is 178 g/mol. The summed E-state index contributed by atoms with van der Waals surface area (Å²) in [4.78, 5) is 5.51. The van der Waals surface area contributed by atoms with Crippen LogP contribution in [0.1, 0.15) is 24.4 Å². The van der Waals surface area contributed by atoms with Crippen LogP contribution >= 0.6 is 11.3 Å². The summed E-state index contributed by atoms with van der Waals surface area (Å²) in [6, 6.07) is 0. The zero-order chi connectivity index (χ0) is 9.90. The van der Waals surface area contributed by atoms with E-state index in [9.17, 15) is 0 Å². The third-order valence-electron chi connectivity index (χ3n) is 1.98. The maximum Gasteiger partial charge on any atom is 0.0801 e. The molecule has 0 N–H and O–H groups in total. The van der Waals surface area contributed by atoms with Crippen molar-refractivity contribution in [2.45, 2.75) is 20.8 Å². The fourth-order valence-corrected chi connectivity index (χ4v) is 1.40. The maximum absolute atomic E-state index is 4.25. The van der Waals surface area contributed by atoms with E-state index in [1.165, 1.54) is 4.88 Å². The monoisotopic (exact) mass is 193 g/mol. The van der Waals surface area contributed by atoms with E-state index in [0.717, 1.165) is 5.69 Å². The van der Waals surface area contributed by atoms with Gasteiger partial charge in [0, 0.05) is 10.3 Å². The first-order chi connectivity index (χ1) is 6.05. The van der Waals surface area contributed by atoms with Crippen molar-refractivity contribution in [2.24, 2.45) is 5.41 Å². The van der Waals surface area contributed by atoms with E-state index in [1.807, 2.05) is 11.6 Å². The Morgan fingerprint density at radius 1 is 1.54 bits per heavy atom. The van der Waals surface area contributed by atoms with Gasteiger partial charge >= 0.3 is 0 Å². The van der Waals surface area contributed by atoms with Crippen LogP contribution in [0.25, 0.3) is 6.08 Å². The minimum atomic E-state index is 0.0516. The Kier molecular flexibility index (Phi) is 3.04. The van der Waals surface area contributed by atoms with Crippen LogP contribution in [-0.4, -0.2) is 4.98 Å². The van der Waals surface area contributed by atoms with Crippen LogP contribution in [0.3, 0.4) is 0 Å². The van der Waals surface area contributed by atoms with Crippen LogP contribution in [-0.2, 0) is 0 Å². The molecule has 0 saturated carbocycles. The molecule has 1 heterocycles. The van der Waals surface area contributed by atoms with Crippen LogP contribution in [0.4, 0.5) is 0 Å². The highest BCUT2D eigenvalue weighted by molar-refractivity contribution is 7.09. The first-order valence-electron chi connectivity index (χ1n) is 4.28. The van der Waals surface area contributed by atoms with Gasteiger partial charge in [-0.3, -0.25) is 0 Å². The molecule has 70 valence electrons. The lowest BCUT2D eigenvalue weighted by Gasteiger charge is -2.12. The second-order valence-electron chi connectivity index (χ2n) is 3.65. The molecule has 0 bridgehead atoms. The molecule has 1 rings (SSSR count). The highest BCUT2D eigenvalue weighted by atomic mass is 32.1. The lowest BCUT2D eigenvalue weighted by molar-refractivity contribution is 0.631. The highest BCUT2D eigenvalue weighted by Gasteiger charge is 2.07. The number of thiazole rings is 1. The van der Waals surface area contributed by atoms with Crippen molar-refractivity contribution in [3.05, 3.63) is 34.8 Å². The summed E-state index contributed by atoms with van der Waals surface area (Å²) in [6.07, 6.45) is 6.13. The van der Waals surface area contributed by atoms with Crippen molar-refractivity contribution in [3.8, 4) is 0 Å². The molecule has 0 aliphatic rings. The van der Waals surface area contributed by atoms with Gasteiger partial charge in [-0.25, -0.2) is 4.98 Å². The quantitative estimate of drug-likeness (QED) is 0.667. The van der Waals surface area contributed by atoms with E-state index in [1.54, 1.807) is 11.3 Å². The van der Waals surface area contributed by atoms with E-state index in [0.29, 0.717) is 0 Å². The smallest absolute Gasteiger partial charge is 0.0801 e. The lowest BCUT2D eigenvalue weighted by Crippen LogP contribution is -2.00. The molecule has 0 saturated heterocycles. The average Bonchev–Trinajstić information content (AvgIpc) is 2.48. The van der Waals surface area contributed by atoms with Crippen molar-refractivity contribution in [1.29, 1.82) is 0 Å². The van der Waals surface area contributed by atoms with Crippen molar-refractivity contribution >= 4 is 17.4 Å². The molecule has 0 aliphatic carbocycles. The Labute approximate surface area is 83.8 Å². The van der Waals surface area contributed by atoms with Crippen LogP contribution in [0.15, 0.2) is 24.2 Å². The van der Waals surface area contributed by atoms with Gasteiger partial charge in [-0.1, -0.05) is 26.0 Å². The second kappa shape index (κ2) is 3.88. The molecular formula is C11H15NS. The normalized spacial score (nSPS) is 12.2. The molecule has 13 heavy (non-hydrogen) atoms. The lowest BCUT2D eigenvalue weighted by atomic mass is 9.93. The predicted octanol–water partition coefficient (Wildman–Crippen LogP) is 3.68. The number of rotatable bonds is 3. The van der Waals surface area contributed by atoms with Gasteiger partial charge in [0.05, 0.1) is 11.2 Å². The van der Waals surface area contributed by atoms with Gasteiger partial charge in [0.15, 0.2) is 0 Å². The molecule has 0 amide bonds. The van der Waals surface area contributed by atoms with Crippen LogP contribution < -0.4 is 0 Å². The topological polar surface area (TPSA) is 12.9 Å². The van der Waals surface area contributed by atoms with Gasteiger partial charge in [-0.05, 0) is 13.0 Å². The van der Waals surface area contributed by atoms with Crippen molar-refractivity contribution < 1.29 is 0 Å². The summed E-state index contributed by atoms with van der Waals surface area (Å²) in [5, 5.41) is 0. The predicted molar refractivity (Wildman–Crippen MR) is 59.9 cm³/mol. The number of hydrogen-bond acceptors (Lipinski definition) is 2. The molecule has 0 spiro atoms. The molecule has 1 aromatic heterocycles. The summed E-state index contributed by atoms with van der Waals surface area (Å²) in [6.45, 7) is 10.1. The van der Waals surface area contributed by atoms with Gasteiger partial charge in [0.2, 0.25) is 0 Å². The Balaban J connectivity index is 2.80. The van der Waals surface area contributed by atoms with Gasteiger partial charge in [-0.15, -0.1) is 17.9 Å². The Morgan fingerprint density at radius 2 is 2.23 bits per heavy atom. The number of nitrogens with zero attached hydrogens (tertiary/aromatic N) is 1. The standard InChI is InChI=1S/C11H15NS/c1-5-11(3,4)7-6-10-9(2)13-8-12-10/h5-8H,1H2,2-4H3/b7-6-. The van der Waals surface area contributed by atoms with E-state index < -0.39 is 0 Å². The number of hydrogen-bond donors (Lipinski definition) is 0. The van der Waals surface area contributed by atoms with Gasteiger partial charge in [0.1, 0.15) is 0 Å². The average molecular weight is 193 g/mol. The minimum Gasteiger partial charge on any atom is -0.245 e. The summed E-state index contributed by atoms with van der Waals surface area (Å²) in [5.74, 6) is 0. The second-order valence-corrected chi connectivity index (χ2v) is 4.71. The Morgan fingerprint density at radius 3 is 2.69 bits per heavy atom. The van der Waals surface area contributed by atoms with Crippen LogP contribution in [0.5, 0.6) is 0 Å². The first-order valence-corrected chi connectivity index (χ1v) is 5.16. The molecule has 1 nitrogen and oxygen atoms in total. The molecule has 0 aliphatic heterocycles. The first kappa shape index (κ1) is 10.2. The summed E-state index contributed by atoms with van der Waals surface area (Å²) >= 11 is 1.67. The van der Waals surface area contributed by atoms with Gasteiger partial charge in [0.25, 0.3) is 0 Å². The summed E-state index contributed by atoms with van der Waals surface area (Å²) < 4.78 is 0. The van der Waals surface area contributed by atoms with E-state index in [2.05, 4.69) is 44.5 Å². The molecule has 0 atom stereocenters. The maximum atomic E-state index is 4.25. The largest absolute Gasteiger partial charge is 0.245 e. The van der Waals surface area contributed by atoms with Gasteiger partial charge < -0.3 is 0 Å². The van der Waals surface area contributed by atoms with Crippen molar-refractivity contribution in [1.82, 2.24) is 4.98 Å². The van der Waals surface area contributed by atoms with Crippen LogP contribution in [0.2, 0.25) is 0 Å². The van der Waals surface area contributed by atoms with E-state index in [4.69, 9.17) is 0 Å². The Hall–Kier alpha value is -0.890. The summed E-state index contributed by atoms with van der Waals surface area (Å²) in [5.41, 5.74) is 2.99. The zero-order valence-corrected chi connectivity index (χ0v) is 9.19. The fraction of sp³-hybridized carbons (Fsp3) is 0.364. The van der Waals surface area contributed by atoms with Crippen LogP contribution in [0, 0.1) is 12.3 Å². The third kappa shape index (κ3) is 2.81. The molecule has 0 unspecified atom stereocenters. The molecule has 0 aromatic carbocycles. The molecule has 2 heteroatoms. The van der Waals surface area contributed by atoms with E-state index >= 15 is 0 Å². The molecule has 1 aromatic rings. The summed E-state index contributed by atoms with van der Waals surface area (Å²) in [7, 11) is 0. The molecule has 0 radical (unpaired) electrons. The zero-order valence-electron chi connectivity index (χ0n) is 8.37. The number of aromatic nitrogens is 1.